The molecule has 0 radical (unpaired) electrons. The monoisotopic (exact) mass is 336 g/mol. The van der Waals surface area contributed by atoms with E-state index in [9.17, 15) is 14.3 Å². The molecule has 134 valence electrons. The average molecular weight is 336 g/mol. The molecule has 0 bridgehead atoms. The number of hydrogen-bond acceptors (Lipinski definition) is 2. The van der Waals surface area contributed by atoms with E-state index in [1.165, 1.54) is 12.1 Å². The zero-order valence-corrected chi connectivity index (χ0v) is 14.9. The normalized spacial score (nSPS) is 17.7. The Morgan fingerprint density at radius 1 is 1.29 bits per heavy atom. The van der Waals surface area contributed by atoms with E-state index in [1.54, 1.807) is 6.92 Å². The molecule has 0 aliphatic heterocycles. The van der Waals surface area contributed by atoms with Crippen LogP contribution in [-0.4, -0.2) is 30.3 Å². The van der Waals surface area contributed by atoms with Gasteiger partial charge in [0.05, 0.1) is 6.10 Å². The van der Waals surface area contributed by atoms with Crippen LogP contribution in [0.2, 0.25) is 0 Å². The molecule has 1 aliphatic rings. The summed E-state index contributed by atoms with van der Waals surface area (Å²) >= 11 is 0. The summed E-state index contributed by atoms with van der Waals surface area (Å²) < 4.78 is 13.1. The van der Waals surface area contributed by atoms with Gasteiger partial charge in [-0.05, 0) is 49.3 Å². The van der Waals surface area contributed by atoms with Crippen molar-refractivity contribution in [3.05, 3.63) is 35.6 Å². The maximum absolute atomic E-state index is 13.1. The Hall–Kier alpha value is -1.62. The van der Waals surface area contributed by atoms with Crippen LogP contribution in [0.4, 0.5) is 9.18 Å². The maximum atomic E-state index is 13.1. The average Bonchev–Trinajstić information content (AvgIpc) is 2.44. The third-order valence-corrected chi connectivity index (χ3v) is 4.93. The van der Waals surface area contributed by atoms with Crippen LogP contribution in [0.1, 0.15) is 52.0 Å². The van der Waals surface area contributed by atoms with E-state index < -0.39 is 0 Å². The molecule has 24 heavy (non-hydrogen) atoms. The predicted molar refractivity (Wildman–Crippen MR) is 93.4 cm³/mol. The second-order valence-electron chi connectivity index (χ2n) is 7.89. The number of carbonyl (C=O) groups is 1. The number of benzene rings is 1. The van der Waals surface area contributed by atoms with Crippen LogP contribution in [0.5, 0.6) is 0 Å². The first-order chi connectivity index (χ1) is 11.2. The molecule has 0 spiro atoms. The third-order valence-electron chi connectivity index (χ3n) is 4.93. The minimum atomic E-state index is -0.387. The Bertz CT molecular complexity index is 551. The van der Waals surface area contributed by atoms with Crippen LogP contribution < -0.4 is 10.6 Å². The van der Waals surface area contributed by atoms with E-state index in [0.29, 0.717) is 19.5 Å². The minimum Gasteiger partial charge on any atom is -0.393 e. The van der Waals surface area contributed by atoms with Crippen LogP contribution >= 0.6 is 0 Å². The molecule has 1 saturated carbocycles. The van der Waals surface area contributed by atoms with Gasteiger partial charge < -0.3 is 15.7 Å². The molecule has 1 unspecified atom stereocenters. The lowest BCUT2D eigenvalue weighted by molar-refractivity contribution is 0.128. The summed E-state index contributed by atoms with van der Waals surface area (Å²) in [7, 11) is 0. The van der Waals surface area contributed by atoms with Crippen LogP contribution in [0.3, 0.4) is 0 Å². The summed E-state index contributed by atoms with van der Waals surface area (Å²) in [5.74, 6) is -0.237. The number of aliphatic hydroxyl groups excluding tert-OH is 1. The number of amides is 2. The molecule has 0 aromatic heterocycles. The smallest absolute Gasteiger partial charge is 0.314 e. The van der Waals surface area contributed by atoms with Gasteiger partial charge in [-0.25, -0.2) is 9.18 Å². The molecule has 1 fully saturated rings. The molecule has 1 aromatic carbocycles. The fourth-order valence-electron chi connectivity index (χ4n) is 3.48. The standard InChI is InChI=1S/C19H29FN2O2/c1-14(23)11-18(2,3)12-21-17(24)22-13-19(9-4-10-19)15-5-7-16(20)8-6-15/h5-8,14,23H,4,9-13H2,1-3H3,(H2,21,22,24). The van der Waals surface area contributed by atoms with E-state index in [-0.39, 0.29) is 28.8 Å². The van der Waals surface area contributed by atoms with E-state index in [2.05, 4.69) is 10.6 Å². The second kappa shape index (κ2) is 7.51. The van der Waals surface area contributed by atoms with Gasteiger partial charge in [0.1, 0.15) is 5.82 Å². The lowest BCUT2D eigenvalue weighted by Gasteiger charge is -2.42. The SMILES string of the molecule is CC(O)CC(C)(C)CNC(=O)NCC1(c2ccc(F)cc2)CCC1. The second-order valence-corrected chi connectivity index (χ2v) is 7.89. The highest BCUT2D eigenvalue weighted by atomic mass is 19.1. The quantitative estimate of drug-likeness (QED) is 0.715. The summed E-state index contributed by atoms with van der Waals surface area (Å²) in [6.07, 6.45) is 3.38. The molecule has 1 aromatic rings. The van der Waals surface area contributed by atoms with Crippen LogP contribution in [-0.2, 0) is 5.41 Å². The van der Waals surface area contributed by atoms with Crippen molar-refractivity contribution in [2.45, 2.75) is 58.0 Å². The van der Waals surface area contributed by atoms with Gasteiger partial charge in [-0.3, -0.25) is 0 Å². The number of urea groups is 1. The first-order valence-corrected chi connectivity index (χ1v) is 8.68. The molecular formula is C19H29FN2O2. The molecule has 0 saturated heterocycles. The summed E-state index contributed by atoms with van der Waals surface area (Å²) in [6, 6.07) is 6.41. The zero-order chi connectivity index (χ0) is 17.8. The molecule has 1 atom stereocenters. The van der Waals surface area contributed by atoms with Crippen molar-refractivity contribution in [1.82, 2.24) is 10.6 Å². The summed E-state index contributed by atoms with van der Waals surface area (Å²) in [4.78, 5) is 12.1. The minimum absolute atomic E-state index is 0.0693. The molecule has 2 amide bonds. The summed E-state index contributed by atoms with van der Waals surface area (Å²) in [5.41, 5.74) is 0.862. The molecule has 4 nitrogen and oxygen atoms in total. The first kappa shape index (κ1) is 18.7. The molecule has 5 heteroatoms. The Morgan fingerprint density at radius 2 is 1.92 bits per heavy atom. The van der Waals surface area contributed by atoms with Crippen LogP contribution in [0, 0.1) is 11.2 Å². The van der Waals surface area contributed by atoms with Gasteiger partial charge in [0.2, 0.25) is 0 Å². The molecular weight excluding hydrogens is 307 g/mol. The lowest BCUT2D eigenvalue weighted by Crippen LogP contribution is -2.49. The van der Waals surface area contributed by atoms with E-state index in [1.807, 2.05) is 26.0 Å². The number of hydrogen-bond donors (Lipinski definition) is 3. The van der Waals surface area contributed by atoms with Gasteiger partial charge >= 0.3 is 6.03 Å². The van der Waals surface area contributed by atoms with E-state index in [4.69, 9.17) is 0 Å². The van der Waals surface area contributed by atoms with Crippen molar-refractivity contribution in [2.75, 3.05) is 13.1 Å². The zero-order valence-electron chi connectivity index (χ0n) is 14.9. The fourth-order valence-corrected chi connectivity index (χ4v) is 3.48. The van der Waals surface area contributed by atoms with Crippen molar-refractivity contribution in [2.24, 2.45) is 5.41 Å². The van der Waals surface area contributed by atoms with Crippen molar-refractivity contribution in [1.29, 1.82) is 0 Å². The lowest BCUT2D eigenvalue weighted by atomic mass is 9.64. The Morgan fingerprint density at radius 3 is 2.42 bits per heavy atom. The molecule has 0 heterocycles. The van der Waals surface area contributed by atoms with Gasteiger partial charge in [0, 0.05) is 18.5 Å². The first-order valence-electron chi connectivity index (χ1n) is 8.68. The summed E-state index contributed by atoms with van der Waals surface area (Å²) in [6.45, 7) is 6.86. The van der Waals surface area contributed by atoms with E-state index >= 15 is 0 Å². The molecule has 2 rings (SSSR count). The predicted octanol–water partition coefficient (Wildman–Crippen LogP) is 3.34. The highest BCUT2D eigenvalue weighted by Gasteiger charge is 2.38. The van der Waals surface area contributed by atoms with Crippen molar-refractivity contribution in [3.63, 3.8) is 0 Å². The number of carbonyl (C=O) groups excluding carboxylic acids is 1. The largest absolute Gasteiger partial charge is 0.393 e. The number of nitrogens with one attached hydrogen (secondary N) is 2. The van der Waals surface area contributed by atoms with Crippen molar-refractivity contribution in [3.8, 4) is 0 Å². The van der Waals surface area contributed by atoms with Crippen LogP contribution in [0.15, 0.2) is 24.3 Å². The Balaban J connectivity index is 1.85. The highest BCUT2D eigenvalue weighted by molar-refractivity contribution is 5.74. The van der Waals surface area contributed by atoms with Crippen molar-refractivity contribution < 1.29 is 14.3 Å². The highest BCUT2D eigenvalue weighted by Crippen LogP contribution is 2.43. The number of aliphatic hydroxyl groups is 1. The summed E-state index contributed by atoms with van der Waals surface area (Å²) in [5, 5.41) is 15.3. The van der Waals surface area contributed by atoms with E-state index in [0.717, 1.165) is 24.8 Å². The fraction of sp³-hybridized carbons (Fsp3) is 0.632. The molecule has 1 aliphatic carbocycles. The Labute approximate surface area is 143 Å². The number of rotatable bonds is 7. The third kappa shape index (κ3) is 4.94. The van der Waals surface area contributed by atoms with Gasteiger partial charge in [0.15, 0.2) is 0 Å². The van der Waals surface area contributed by atoms with Crippen molar-refractivity contribution >= 4 is 6.03 Å². The topological polar surface area (TPSA) is 61.4 Å². The van der Waals surface area contributed by atoms with Gasteiger partial charge in [-0.2, -0.15) is 0 Å². The number of halogens is 1. The van der Waals surface area contributed by atoms with Gasteiger partial charge in [-0.1, -0.05) is 32.4 Å². The maximum Gasteiger partial charge on any atom is 0.314 e. The molecule has 3 N–H and O–H groups in total. The van der Waals surface area contributed by atoms with Crippen LogP contribution in [0.25, 0.3) is 0 Å². The van der Waals surface area contributed by atoms with Gasteiger partial charge in [0.25, 0.3) is 0 Å². The van der Waals surface area contributed by atoms with Gasteiger partial charge in [-0.15, -0.1) is 0 Å². The Kier molecular flexibility index (Phi) is 5.86.